The van der Waals surface area contributed by atoms with Crippen molar-refractivity contribution in [3.8, 4) is 5.75 Å². The van der Waals surface area contributed by atoms with Gasteiger partial charge in [0.2, 0.25) is 6.39 Å². The highest BCUT2D eigenvalue weighted by atomic mass is 35.5. The summed E-state index contributed by atoms with van der Waals surface area (Å²) in [5.41, 5.74) is 2.30. The Morgan fingerprint density at radius 1 is 1.37 bits per heavy atom. The molecule has 0 spiro atoms. The molecule has 1 aliphatic rings. The first-order valence-corrected chi connectivity index (χ1v) is 6.61. The Morgan fingerprint density at radius 3 is 3.16 bits per heavy atom. The lowest BCUT2D eigenvalue weighted by Crippen LogP contribution is -2.17. The molecule has 1 aliphatic heterocycles. The second-order valence-electron chi connectivity index (χ2n) is 4.43. The van der Waals surface area contributed by atoms with E-state index in [4.69, 9.17) is 16.3 Å². The van der Waals surface area contributed by atoms with Crippen LogP contribution in [0, 0.1) is 0 Å². The number of nitrogens with one attached hydrogen (secondary N) is 1. The average molecular weight is 280 g/mol. The first-order valence-electron chi connectivity index (χ1n) is 6.23. The summed E-state index contributed by atoms with van der Waals surface area (Å²) in [7, 11) is 0. The van der Waals surface area contributed by atoms with Crippen LogP contribution in [0.4, 0.5) is 0 Å². The Balaban J connectivity index is 1.58. The van der Waals surface area contributed by atoms with Crippen molar-refractivity contribution in [1.82, 2.24) is 15.5 Å². The van der Waals surface area contributed by atoms with Gasteiger partial charge in [-0.2, -0.15) is 4.98 Å². The van der Waals surface area contributed by atoms with Crippen LogP contribution in [0.15, 0.2) is 23.0 Å². The van der Waals surface area contributed by atoms with Crippen molar-refractivity contribution in [2.45, 2.75) is 19.4 Å². The maximum Gasteiger partial charge on any atom is 0.213 e. The summed E-state index contributed by atoms with van der Waals surface area (Å²) in [6.07, 6.45) is 3.01. The number of aromatic nitrogens is 2. The third-order valence-corrected chi connectivity index (χ3v) is 3.29. The molecule has 0 saturated carbocycles. The number of benzene rings is 1. The monoisotopic (exact) mass is 279 g/mol. The standard InChI is InChI=1S/C13H14ClN3O2/c14-11-5-9-2-4-18-13(9)10(6-11)7-15-3-1-12-16-8-19-17-12/h5-6,8,15H,1-4,7H2. The molecule has 2 heterocycles. The van der Waals surface area contributed by atoms with Gasteiger partial charge in [0.05, 0.1) is 6.61 Å². The van der Waals surface area contributed by atoms with E-state index in [-0.39, 0.29) is 0 Å². The van der Waals surface area contributed by atoms with Gasteiger partial charge in [0.15, 0.2) is 5.82 Å². The van der Waals surface area contributed by atoms with Crippen LogP contribution in [0.2, 0.25) is 5.02 Å². The fourth-order valence-corrected chi connectivity index (χ4v) is 2.47. The van der Waals surface area contributed by atoms with E-state index in [1.807, 2.05) is 12.1 Å². The predicted molar refractivity (Wildman–Crippen MR) is 70.4 cm³/mol. The van der Waals surface area contributed by atoms with E-state index in [1.54, 1.807) is 0 Å². The van der Waals surface area contributed by atoms with Crippen molar-refractivity contribution >= 4 is 11.6 Å². The van der Waals surface area contributed by atoms with Crippen LogP contribution in [-0.4, -0.2) is 23.3 Å². The highest BCUT2D eigenvalue weighted by molar-refractivity contribution is 6.30. The Hall–Kier alpha value is -1.59. The van der Waals surface area contributed by atoms with Crippen molar-refractivity contribution in [2.75, 3.05) is 13.2 Å². The number of ether oxygens (including phenoxy) is 1. The molecule has 0 bridgehead atoms. The topological polar surface area (TPSA) is 60.2 Å². The Kier molecular flexibility index (Phi) is 3.66. The number of nitrogens with zero attached hydrogens (tertiary/aromatic N) is 2. The van der Waals surface area contributed by atoms with Gasteiger partial charge in [0.1, 0.15) is 5.75 Å². The Bertz CT molecular complexity index is 557. The molecule has 5 nitrogen and oxygen atoms in total. The number of hydrogen-bond donors (Lipinski definition) is 1. The highest BCUT2D eigenvalue weighted by Gasteiger charge is 2.17. The number of rotatable bonds is 5. The lowest BCUT2D eigenvalue weighted by molar-refractivity contribution is 0.352. The Morgan fingerprint density at radius 2 is 2.32 bits per heavy atom. The van der Waals surface area contributed by atoms with Crippen molar-refractivity contribution < 1.29 is 9.26 Å². The van der Waals surface area contributed by atoms with E-state index < -0.39 is 0 Å². The zero-order valence-corrected chi connectivity index (χ0v) is 11.1. The SMILES string of the molecule is Clc1cc2c(c(CNCCc3ncon3)c1)OCC2. The van der Waals surface area contributed by atoms with Crippen LogP contribution in [0.1, 0.15) is 17.0 Å². The molecule has 0 radical (unpaired) electrons. The van der Waals surface area contributed by atoms with Gasteiger partial charge < -0.3 is 14.6 Å². The van der Waals surface area contributed by atoms with E-state index in [1.165, 1.54) is 12.0 Å². The van der Waals surface area contributed by atoms with Crippen LogP contribution in [-0.2, 0) is 19.4 Å². The molecule has 3 rings (SSSR count). The fraction of sp³-hybridized carbons (Fsp3) is 0.385. The van der Waals surface area contributed by atoms with Gasteiger partial charge in [-0.25, -0.2) is 0 Å². The summed E-state index contributed by atoms with van der Waals surface area (Å²) in [6, 6.07) is 3.93. The van der Waals surface area contributed by atoms with Gasteiger partial charge in [-0.3, -0.25) is 0 Å². The Labute approximate surface area is 115 Å². The maximum absolute atomic E-state index is 6.11. The third-order valence-electron chi connectivity index (χ3n) is 3.07. The van der Waals surface area contributed by atoms with Gasteiger partial charge in [-0.1, -0.05) is 16.8 Å². The lowest BCUT2D eigenvalue weighted by Gasteiger charge is -2.09. The largest absolute Gasteiger partial charge is 0.493 e. The van der Waals surface area contributed by atoms with Crippen molar-refractivity contribution in [3.63, 3.8) is 0 Å². The van der Waals surface area contributed by atoms with Gasteiger partial charge in [-0.15, -0.1) is 0 Å². The van der Waals surface area contributed by atoms with Crippen molar-refractivity contribution in [1.29, 1.82) is 0 Å². The molecule has 0 amide bonds. The van der Waals surface area contributed by atoms with Gasteiger partial charge in [0, 0.05) is 36.5 Å². The summed E-state index contributed by atoms with van der Waals surface area (Å²) in [5.74, 6) is 1.69. The van der Waals surface area contributed by atoms with E-state index >= 15 is 0 Å². The van der Waals surface area contributed by atoms with Gasteiger partial charge in [-0.05, 0) is 17.7 Å². The molecule has 0 atom stereocenters. The van der Waals surface area contributed by atoms with Crippen LogP contribution in [0.3, 0.4) is 0 Å². The minimum absolute atomic E-state index is 0.708. The smallest absolute Gasteiger partial charge is 0.213 e. The minimum atomic E-state index is 0.708. The summed E-state index contributed by atoms with van der Waals surface area (Å²) in [5, 5.41) is 7.86. The molecule has 6 heteroatoms. The second kappa shape index (κ2) is 5.59. The van der Waals surface area contributed by atoms with Gasteiger partial charge in [0.25, 0.3) is 0 Å². The van der Waals surface area contributed by atoms with Crippen LogP contribution >= 0.6 is 11.6 Å². The van der Waals surface area contributed by atoms with E-state index in [2.05, 4.69) is 20.0 Å². The molecule has 1 aromatic carbocycles. The number of hydrogen-bond acceptors (Lipinski definition) is 5. The summed E-state index contributed by atoms with van der Waals surface area (Å²) < 4.78 is 10.3. The normalized spacial score (nSPS) is 13.3. The molecule has 0 saturated heterocycles. The third kappa shape index (κ3) is 2.88. The lowest BCUT2D eigenvalue weighted by atomic mass is 10.1. The summed E-state index contributed by atoms with van der Waals surface area (Å²) in [4.78, 5) is 3.97. The summed E-state index contributed by atoms with van der Waals surface area (Å²) in [6.45, 7) is 2.24. The zero-order valence-electron chi connectivity index (χ0n) is 10.4. The van der Waals surface area contributed by atoms with Crippen LogP contribution in [0.25, 0.3) is 0 Å². The maximum atomic E-state index is 6.11. The van der Waals surface area contributed by atoms with Crippen LogP contribution in [0.5, 0.6) is 5.75 Å². The molecular formula is C13H14ClN3O2. The number of halogens is 1. The molecule has 2 aromatic rings. The average Bonchev–Trinajstić information content (AvgIpc) is 3.04. The summed E-state index contributed by atoms with van der Waals surface area (Å²) >= 11 is 6.11. The zero-order chi connectivity index (χ0) is 13.1. The molecule has 100 valence electrons. The van der Waals surface area contributed by atoms with Crippen LogP contribution < -0.4 is 10.1 Å². The molecule has 0 aliphatic carbocycles. The minimum Gasteiger partial charge on any atom is -0.493 e. The first kappa shape index (κ1) is 12.4. The van der Waals surface area contributed by atoms with Crippen molar-refractivity contribution in [3.05, 3.63) is 40.5 Å². The molecule has 0 unspecified atom stereocenters. The fourth-order valence-electron chi connectivity index (χ4n) is 2.20. The van der Waals surface area contributed by atoms with E-state index in [0.29, 0.717) is 5.82 Å². The molecule has 1 aromatic heterocycles. The predicted octanol–water partition coefficient (Wildman–Crippen LogP) is 1.99. The molecule has 1 N–H and O–H groups in total. The van der Waals surface area contributed by atoms with E-state index in [0.717, 1.165) is 48.9 Å². The first-order chi connectivity index (χ1) is 9.33. The van der Waals surface area contributed by atoms with Crippen molar-refractivity contribution in [2.24, 2.45) is 0 Å². The quantitative estimate of drug-likeness (QED) is 0.848. The molecule has 0 fully saturated rings. The molecule has 19 heavy (non-hydrogen) atoms. The molecular weight excluding hydrogens is 266 g/mol. The highest BCUT2D eigenvalue weighted by Crippen LogP contribution is 2.32. The van der Waals surface area contributed by atoms with E-state index in [9.17, 15) is 0 Å². The second-order valence-corrected chi connectivity index (χ2v) is 4.86. The number of fused-ring (bicyclic) bond motifs is 1. The van der Waals surface area contributed by atoms with Gasteiger partial charge >= 0.3 is 0 Å².